The molecule has 0 saturated carbocycles. The number of anilines is 1. The highest BCUT2D eigenvalue weighted by Gasteiger charge is 2.12. The molecule has 0 aliphatic carbocycles. The highest BCUT2D eigenvalue weighted by atomic mass is 79.9. The number of thiazole rings is 1. The van der Waals surface area contributed by atoms with E-state index in [-0.39, 0.29) is 5.91 Å². The molecule has 18 heavy (non-hydrogen) atoms. The van der Waals surface area contributed by atoms with Crippen LogP contribution < -0.4 is 5.32 Å². The Morgan fingerprint density at radius 2 is 2.33 bits per heavy atom. The second-order valence-corrected chi connectivity index (χ2v) is 5.42. The van der Waals surface area contributed by atoms with Gasteiger partial charge in [-0.05, 0) is 18.2 Å². The molecule has 3 aromatic rings. The maximum absolute atomic E-state index is 12.1. The number of nitrogens with zero attached hydrogens (tertiary/aromatic N) is 2. The third-order valence-corrected chi connectivity index (χ3v) is 3.80. The number of hydrogen-bond acceptors (Lipinski definition) is 3. The van der Waals surface area contributed by atoms with Crippen LogP contribution in [0.5, 0.6) is 0 Å². The van der Waals surface area contributed by atoms with E-state index in [0.717, 1.165) is 15.1 Å². The van der Waals surface area contributed by atoms with Crippen LogP contribution in [0.15, 0.2) is 46.5 Å². The molecule has 0 fully saturated rings. The standard InChI is InChI=1S/C12H8BrN3OS/c13-8-2-1-3-9(6-8)15-11(17)10-7-18-12-14-4-5-16(10)12/h1-7H,(H,15,17). The predicted molar refractivity (Wildman–Crippen MR) is 75.2 cm³/mol. The smallest absolute Gasteiger partial charge is 0.273 e. The molecule has 0 spiro atoms. The van der Waals surface area contributed by atoms with Crippen LogP contribution in [0, 0.1) is 0 Å². The van der Waals surface area contributed by atoms with Gasteiger partial charge in [-0.2, -0.15) is 0 Å². The summed E-state index contributed by atoms with van der Waals surface area (Å²) in [5.74, 6) is -0.141. The van der Waals surface area contributed by atoms with E-state index in [1.165, 1.54) is 11.3 Å². The largest absolute Gasteiger partial charge is 0.321 e. The van der Waals surface area contributed by atoms with E-state index in [4.69, 9.17) is 0 Å². The molecule has 4 nitrogen and oxygen atoms in total. The van der Waals surface area contributed by atoms with E-state index in [0.29, 0.717) is 5.69 Å². The highest BCUT2D eigenvalue weighted by molar-refractivity contribution is 9.10. The van der Waals surface area contributed by atoms with E-state index < -0.39 is 0 Å². The first-order chi connectivity index (χ1) is 8.74. The lowest BCUT2D eigenvalue weighted by Crippen LogP contribution is -2.13. The average molecular weight is 322 g/mol. The molecule has 90 valence electrons. The molecular weight excluding hydrogens is 314 g/mol. The molecule has 2 heterocycles. The van der Waals surface area contributed by atoms with Crippen molar-refractivity contribution in [1.29, 1.82) is 0 Å². The fourth-order valence-corrected chi connectivity index (χ4v) is 2.88. The second kappa shape index (κ2) is 4.55. The summed E-state index contributed by atoms with van der Waals surface area (Å²) >= 11 is 4.81. The van der Waals surface area contributed by atoms with E-state index in [1.54, 1.807) is 22.2 Å². The van der Waals surface area contributed by atoms with Gasteiger partial charge in [-0.3, -0.25) is 9.20 Å². The Hall–Kier alpha value is -1.66. The summed E-state index contributed by atoms with van der Waals surface area (Å²) in [4.78, 5) is 17.1. The minimum absolute atomic E-state index is 0.141. The normalized spacial score (nSPS) is 10.7. The fourth-order valence-electron chi connectivity index (χ4n) is 1.65. The zero-order valence-corrected chi connectivity index (χ0v) is 11.5. The Labute approximate surface area is 115 Å². The van der Waals surface area contributed by atoms with Gasteiger partial charge in [0, 0.05) is 27.9 Å². The maximum Gasteiger partial charge on any atom is 0.273 e. The van der Waals surface area contributed by atoms with E-state index in [9.17, 15) is 4.79 Å². The van der Waals surface area contributed by atoms with Crippen LogP contribution in [0.2, 0.25) is 0 Å². The van der Waals surface area contributed by atoms with Crippen molar-refractivity contribution in [3.63, 3.8) is 0 Å². The second-order valence-electron chi connectivity index (χ2n) is 3.67. The van der Waals surface area contributed by atoms with Crippen LogP contribution in [-0.2, 0) is 0 Å². The number of amides is 1. The summed E-state index contributed by atoms with van der Waals surface area (Å²) in [6.07, 6.45) is 3.46. The Kier molecular flexibility index (Phi) is 2.89. The van der Waals surface area contributed by atoms with Crippen molar-refractivity contribution in [3.05, 3.63) is 52.2 Å². The summed E-state index contributed by atoms with van der Waals surface area (Å²) < 4.78 is 2.70. The van der Waals surface area contributed by atoms with Crippen LogP contribution in [-0.4, -0.2) is 15.3 Å². The summed E-state index contributed by atoms with van der Waals surface area (Å²) in [6.45, 7) is 0. The minimum Gasteiger partial charge on any atom is -0.321 e. The quantitative estimate of drug-likeness (QED) is 0.786. The van der Waals surface area contributed by atoms with Gasteiger partial charge < -0.3 is 5.32 Å². The Morgan fingerprint density at radius 1 is 1.44 bits per heavy atom. The van der Waals surface area contributed by atoms with Gasteiger partial charge in [0.1, 0.15) is 5.69 Å². The summed E-state index contributed by atoms with van der Waals surface area (Å²) in [7, 11) is 0. The molecule has 0 aliphatic rings. The van der Waals surface area contributed by atoms with Crippen LogP contribution in [0.25, 0.3) is 4.96 Å². The molecule has 0 bridgehead atoms. The lowest BCUT2D eigenvalue weighted by molar-refractivity contribution is 0.102. The van der Waals surface area contributed by atoms with Gasteiger partial charge in [-0.25, -0.2) is 4.98 Å². The van der Waals surface area contributed by atoms with Crippen LogP contribution in [0.3, 0.4) is 0 Å². The molecule has 0 aliphatic heterocycles. The number of aromatic nitrogens is 2. The highest BCUT2D eigenvalue weighted by Crippen LogP contribution is 2.18. The molecule has 1 N–H and O–H groups in total. The van der Waals surface area contributed by atoms with Crippen LogP contribution >= 0.6 is 27.3 Å². The van der Waals surface area contributed by atoms with Gasteiger partial charge in [-0.15, -0.1) is 11.3 Å². The van der Waals surface area contributed by atoms with Gasteiger partial charge in [0.25, 0.3) is 5.91 Å². The first-order valence-corrected chi connectivity index (χ1v) is 6.89. The topological polar surface area (TPSA) is 46.4 Å². The predicted octanol–water partition coefficient (Wildman–Crippen LogP) is 3.41. The third-order valence-electron chi connectivity index (χ3n) is 2.46. The Morgan fingerprint density at radius 3 is 3.17 bits per heavy atom. The number of nitrogens with one attached hydrogen (secondary N) is 1. The Bertz CT molecular complexity index is 719. The summed E-state index contributed by atoms with van der Waals surface area (Å²) in [5.41, 5.74) is 1.35. The van der Waals surface area contributed by atoms with Gasteiger partial charge in [0.15, 0.2) is 4.96 Å². The number of carbonyl (C=O) groups excluding carboxylic acids is 1. The van der Waals surface area contributed by atoms with Gasteiger partial charge in [-0.1, -0.05) is 22.0 Å². The molecule has 0 unspecified atom stereocenters. The number of hydrogen-bond donors (Lipinski definition) is 1. The van der Waals surface area contributed by atoms with E-state index in [2.05, 4.69) is 26.2 Å². The molecule has 0 radical (unpaired) electrons. The van der Waals surface area contributed by atoms with Crippen LogP contribution in [0.1, 0.15) is 10.5 Å². The first-order valence-electron chi connectivity index (χ1n) is 5.21. The Balaban J connectivity index is 1.90. The lowest BCUT2D eigenvalue weighted by atomic mass is 10.3. The molecule has 0 saturated heterocycles. The van der Waals surface area contributed by atoms with Crippen LogP contribution in [0.4, 0.5) is 5.69 Å². The summed E-state index contributed by atoms with van der Waals surface area (Å²) in [5, 5.41) is 4.66. The third kappa shape index (κ3) is 2.04. The van der Waals surface area contributed by atoms with E-state index in [1.807, 2.05) is 24.3 Å². The zero-order chi connectivity index (χ0) is 12.5. The van der Waals surface area contributed by atoms with Gasteiger partial charge in [0.2, 0.25) is 0 Å². The van der Waals surface area contributed by atoms with Crippen molar-refractivity contribution in [2.75, 3.05) is 5.32 Å². The van der Waals surface area contributed by atoms with Crippen molar-refractivity contribution in [2.24, 2.45) is 0 Å². The zero-order valence-electron chi connectivity index (χ0n) is 9.13. The minimum atomic E-state index is -0.141. The average Bonchev–Trinajstić information content (AvgIpc) is 2.89. The number of imidazole rings is 1. The number of halogens is 1. The SMILES string of the molecule is O=C(Nc1cccc(Br)c1)c1csc2nccn12. The molecule has 1 amide bonds. The molecule has 3 rings (SSSR count). The van der Waals surface area contributed by atoms with Crippen molar-refractivity contribution in [2.45, 2.75) is 0 Å². The van der Waals surface area contributed by atoms with E-state index >= 15 is 0 Å². The molecular formula is C12H8BrN3OS. The van der Waals surface area contributed by atoms with Crippen molar-refractivity contribution >= 4 is 43.8 Å². The van der Waals surface area contributed by atoms with Crippen molar-refractivity contribution < 1.29 is 4.79 Å². The van der Waals surface area contributed by atoms with Crippen molar-refractivity contribution in [1.82, 2.24) is 9.38 Å². The molecule has 2 aromatic heterocycles. The van der Waals surface area contributed by atoms with Gasteiger partial charge >= 0.3 is 0 Å². The lowest BCUT2D eigenvalue weighted by Gasteiger charge is -2.04. The summed E-state index contributed by atoms with van der Waals surface area (Å²) in [6, 6.07) is 7.49. The fraction of sp³-hybridized carbons (Fsp3) is 0. The number of carbonyl (C=O) groups is 1. The molecule has 0 atom stereocenters. The monoisotopic (exact) mass is 321 g/mol. The van der Waals surface area contributed by atoms with Gasteiger partial charge in [0.05, 0.1) is 0 Å². The number of rotatable bonds is 2. The first kappa shape index (κ1) is 11.4. The maximum atomic E-state index is 12.1. The molecule has 6 heteroatoms. The molecule has 1 aromatic carbocycles. The number of fused-ring (bicyclic) bond motifs is 1. The van der Waals surface area contributed by atoms with Crippen molar-refractivity contribution in [3.8, 4) is 0 Å². The number of benzene rings is 1.